The van der Waals surface area contributed by atoms with Gasteiger partial charge in [-0.1, -0.05) is 66.7 Å². The number of fused-ring (bicyclic) bond motifs is 3. The Labute approximate surface area is 175 Å². The lowest BCUT2D eigenvalue weighted by Crippen LogP contribution is -2.06. The van der Waals surface area contributed by atoms with Crippen LogP contribution in [0.2, 0.25) is 0 Å². The van der Waals surface area contributed by atoms with Crippen LogP contribution in [-0.4, -0.2) is 10.5 Å². The van der Waals surface area contributed by atoms with Crippen molar-refractivity contribution in [2.45, 2.75) is 32.6 Å². The molecule has 0 radical (unpaired) electrons. The average Bonchev–Trinajstić information content (AvgIpc) is 3.27. The highest BCUT2D eigenvalue weighted by atomic mass is 32.1. The zero-order chi connectivity index (χ0) is 19.8. The number of carbonyl (C=O) groups excluding carboxylic acids is 1. The Kier molecular flexibility index (Phi) is 4.69. The van der Waals surface area contributed by atoms with E-state index in [1.807, 2.05) is 40.2 Å². The fourth-order valence-electron chi connectivity index (χ4n) is 4.42. The molecule has 0 N–H and O–H groups in total. The summed E-state index contributed by atoms with van der Waals surface area (Å²) in [6.45, 7) is 1.67. The number of thiophene rings is 1. The molecular formula is C26H23NOS. The maximum absolute atomic E-state index is 12.8. The van der Waals surface area contributed by atoms with Gasteiger partial charge in [-0.25, -0.2) is 0 Å². The van der Waals surface area contributed by atoms with Crippen molar-refractivity contribution in [2.75, 3.05) is 0 Å². The molecule has 2 heterocycles. The molecule has 4 aromatic rings. The molecule has 0 saturated carbocycles. The molecule has 0 spiro atoms. The Bertz CT molecular complexity index is 1210. The quantitative estimate of drug-likeness (QED) is 0.362. The van der Waals surface area contributed by atoms with Gasteiger partial charge < -0.3 is 0 Å². The van der Waals surface area contributed by atoms with Gasteiger partial charge >= 0.3 is 0 Å². The molecule has 5 rings (SSSR count). The fraction of sp³-hybridized carbons (Fsp3) is 0.192. The van der Waals surface area contributed by atoms with Crippen LogP contribution in [0, 0.1) is 0 Å². The maximum atomic E-state index is 12.8. The number of hydrogen-bond acceptors (Lipinski definition) is 2. The third-order valence-corrected chi connectivity index (χ3v) is 6.99. The van der Waals surface area contributed by atoms with Crippen molar-refractivity contribution in [2.24, 2.45) is 0 Å². The third-order valence-electron chi connectivity index (χ3n) is 5.71. The Balaban J connectivity index is 1.82. The summed E-state index contributed by atoms with van der Waals surface area (Å²) in [4.78, 5) is 15.4. The van der Waals surface area contributed by atoms with Crippen LogP contribution in [0.15, 0.2) is 60.7 Å². The largest absolute Gasteiger partial charge is 0.274 e. The zero-order valence-corrected chi connectivity index (χ0v) is 17.3. The summed E-state index contributed by atoms with van der Waals surface area (Å²) in [6.07, 6.45) is 8.94. The molecular weight excluding hydrogens is 374 g/mol. The molecule has 0 fully saturated rings. The van der Waals surface area contributed by atoms with Gasteiger partial charge in [0.1, 0.15) is 4.83 Å². The lowest BCUT2D eigenvalue weighted by Gasteiger charge is -2.12. The fourth-order valence-corrected chi connectivity index (χ4v) is 5.88. The van der Waals surface area contributed by atoms with Crippen LogP contribution in [0.5, 0.6) is 0 Å². The van der Waals surface area contributed by atoms with Crippen LogP contribution in [0.4, 0.5) is 0 Å². The van der Waals surface area contributed by atoms with Gasteiger partial charge in [0, 0.05) is 22.8 Å². The minimum Gasteiger partial charge on any atom is -0.274 e. The second-order valence-corrected chi connectivity index (χ2v) is 8.70. The van der Waals surface area contributed by atoms with Gasteiger partial charge in [0.15, 0.2) is 0 Å². The van der Waals surface area contributed by atoms with Gasteiger partial charge in [-0.05, 0) is 48.4 Å². The normalized spacial score (nSPS) is 13.8. The lowest BCUT2D eigenvalue weighted by molar-refractivity contribution is 0.0941. The van der Waals surface area contributed by atoms with Crippen LogP contribution < -0.4 is 0 Å². The number of aromatic nitrogens is 1. The Morgan fingerprint density at radius 2 is 1.62 bits per heavy atom. The smallest absolute Gasteiger partial charge is 0.229 e. The van der Waals surface area contributed by atoms with Gasteiger partial charge in [0.25, 0.3) is 0 Å². The number of nitrogens with zero attached hydrogens (tertiary/aromatic N) is 1. The van der Waals surface area contributed by atoms with Crippen LogP contribution >= 0.6 is 11.3 Å². The molecule has 2 aromatic heterocycles. The summed E-state index contributed by atoms with van der Waals surface area (Å²) in [5, 5.41) is 1.29. The van der Waals surface area contributed by atoms with Crippen molar-refractivity contribution in [1.82, 2.24) is 4.57 Å². The van der Waals surface area contributed by atoms with Crippen LogP contribution in [0.25, 0.3) is 33.5 Å². The van der Waals surface area contributed by atoms with Crippen LogP contribution in [0.3, 0.4) is 0 Å². The highest BCUT2D eigenvalue weighted by Gasteiger charge is 2.27. The van der Waals surface area contributed by atoms with Crippen molar-refractivity contribution in [3.05, 3.63) is 82.4 Å². The van der Waals surface area contributed by atoms with E-state index in [1.165, 1.54) is 39.8 Å². The van der Waals surface area contributed by atoms with E-state index in [4.69, 9.17) is 0 Å². The first-order valence-corrected chi connectivity index (χ1v) is 11.0. The van der Waals surface area contributed by atoms with E-state index >= 15 is 0 Å². The third kappa shape index (κ3) is 3.16. The summed E-state index contributed by atoms with van der Waals surface area (Å²) in [5.41, 5.74) is 5.96. The second kappa shape index (κ2) is 7.49. The van der Waals surface area contributed by atoms with Crippen molar-refractivity contribution in [1.29, 1.82) is 0 Å². The number of aryl methyl sites for hydroxylation is 2. The Hall–Kier alpha value is -2.91. The first-order valence-electron chi connectivity index (χ1n) is 10.2. The molecule has 0 aliphatic heterocycles. The topological polar surface area (TPSA) is 22.0 Å². The van der Waals surface area contributed by atoms with Gasteiger partial charge in [-0.2, -0.15) is 0 Å². The number of benzene rings is 2. The summed E-state index contributed by atoms with van der Waals surface area (Å²) >= 11 is 1.81. The van der Waals surface area contributed by atoms with E-state index in [0.29, 0.717) is 0 Å². The molecule has 0 amide bonds. The molecule has 0 atom stereocenters. The zero-order valence-electron chi connectivity index (χ0n) is 16.5. The average molecular weight is 398 g/mol. The molecule has 0 bridgehead atoms. The predicted octanol–water partition coefficient (Wildman–Crippen LogP) is 7.08. The molecule has 0 saturated heterocycles. The maximum Gasteiger partial charge on any atom is 0.229 e. The van der Waals surface area contributed by atoms with Crippen LogP contribution in [-0.2, 0) is 12.8 Å². The molecule has 2 aromatic carbocycles. The minimum atomic E-state index is 0.0727. The molecule has 29 heavy (non-hydrogen) atoms. The van der Waals surface area contributed by atoms with Crippen molar-refractivity contribution in [3.8, 4) is 11.1 Å². The Morgan fingerprint density at radius 3 is 2.34 bits per heavy atom. The SMILES string of the molecule is CC(=O)n1c(C=Cc2ccccc2)c(-c2ccccc2)c2c3c(sc21)CCCC3. The summed E-state index contributed by atoms with van der Waals surface area (Å²) in [7, 11) is 0. The number of hydrogen-bond donors (Lipinski definition) is 0. The molecule has 144 valence electrons. The van der Waals surface area contributed by atoms with Gasteiger partial charge in [0.05, 0.1) is 5.69 Å². The number of carbonyl (C=O) groups is 1. The number of rotatable bonds is 3. The molecule has 1 aliphatic rings. The first kappa shape index (κ1) is 18.1. The standard InChI is InChI=1S/C26H23NOS/c1-18(28)27-22(17-16-19-10-4-2-5-11-19)24(20-12-6-3-7-13-20)25-21-14-8-9-15-23(21)29-26(25)27/h2-7,10-13,16-17H,8-9,14-15H2,1H3. The lowest BCUT2D eigenvalue weighted by atomic mass is 9.93. The van der Waals surface area contributed by atoms with Crippen LogP contribution in [0.1, 0.15) is 46.3 Å². The summed E-state index contributed by atoms with van der Waals surface area (Å²) in [5.74, 6) is 0.0727. The highest BCUT2D eigenvalue weighted by Crippen LogP contribution is 2.45. The van der Waals surface area contributed by atoms with Gasteiger partial charge in [-0.3, -0.25) is 9.36 Å². The molecule has 3 heteroatoms. The van der Waals surface area contributed by atoms with E-state index in [9.17, 15) is 4.79 Å². The minimum absolute atomic E-state index is 0.0727. The Morgan fingerprint density at radius 1 is 0.931 bits per heavy atom. The first-order chi connectivity index (χ1) is 14.2. The molecule has 0 unspecified atom stereocenters. The molecule has 2 nitrogen and oxygen atoms in total. The molecule has 1 aliphatic carbocycles. The van der Waals surface area contributed by atoms with Crippen molar-refractivity contribution < 1.29 is 4.79 Å². The van der Waals surface area contributed by atoms with Crippen molar-refractivity contribution in [3.63, 3.8) is 0 Å². The van der Waals surface area contributed by atoms with E-state index in [2.05, 4.69) is 48.6 Å². The van der Waals surface area contributed by atoms with E-state index < -0.39 is 0 Å². The van der Waals surface area contributed by atoms with E-state index in [1.54, 1.807) is 6.92 Å². The highest BCUT2D eigenvalue weighted by molar-refractivity contribution is 7.19. The second-order valence-electron chi connectivity index (χ2n) is 7.62. The van der Waals surface area contributed by atoms with Gasteiger partial charge in [-0.15, -0.1) is 11.3 Å². The van der Waals surface area contributed by atoms with E-state index in [-0.39, 0.29) is 5.91 Å². The monoisotopic (exact) mass is 397 g/mol. The van der Waals surface area contributed by atoms with Crippen molar-refractivity contribution >= 4 is 39.6 Å². The summed E-state index contributed by atoms with van der Waals surface area (Å²) in [6, 6.07) is 20.8. The summed E-state index contributed by atoms with van der Waals surface area (Å²) < 4.78 is 1.93. The van der Waals surface area contributed by atoms with Gasteiger partial charge in [0.2, 0.25) is 5.91 Å². The predicted molar refractivity (Wildman–Crippen MR) is 124 cm³/mol. The van der Waals surface area contributed by atoms with E-state index in [0.717, 1.165) is 28.9 Å².